The molecule has 6 nitrogen and oxygen atoms in total. The van der Waals surface area contributed by atoms with Gasteiger partial charge in [0.25, 0.3) is 5.78 Å². The second kappa shape index (κ2) is 10.2. The zero-order chi connectivity index (χ0) is 25.2. The van der Waals surface area contributed by atoms with E-state index in [1.807, 2.05) is 30.3 Å². The predicted octanol–water partition coefficient (Wildman–Crippen LogP) is 6.25. The van der Waals surface area contributed by atoms with E-state index in [-0.39, 0.29) is 16.5 Å². The second-order valence-corrected chi connectivity index (χ2v) is 10.5. The number of amides is 1. The molecule has 1 saturated heterocycles. The molecule has 180 valence electrons. The van der Waals surface area contributed by atoms with Gasteiger partial charge in [-0.1, -0.05) is 77.2 Å². The van der Waals surface area contributed by atoms with Crippen LogP contribution in [0.2, 0.25) is 5.02 Å². The second-order valence-electron chi connectivity index (χ2n) is 7.85. The predicted molar refractivity (Wildman–Crippen MR) is 139 cm³/mol. The minimum absolute atomic E-state index is 0.123. The highest BCUT2D eigenvalue weighted by molar-refractivity contribution is 8.00. The van der Waals surface area contributed by atoms with Crippen LogP contribution in [0.1, 0.15) is 22.7 Å². The number of Topliss-reactive ketones (excluding diaryl/α,β-unsaturated/α-hetero) is 1. The number of carbonyl (C=O) groups excluding carboxylic acids is 2. The molecule has 0 aliphatic carbocycles. The SMILES string of the molecule is O=C1C(=O)N(c2nnc(SCc3ccccc3)s2)C(c2ccc(F)cc2)/C1=C(/O)c1ccc(Cl)cc1. The van der Waals surface area contributed by atoms with E-state index in [1.165, 1.54) is 52.3 Å². The molecule has 0 saturated carbocycles. The molecule has 1 N–H and O–H groups in total. The number of nitrogens with zero attached hydrogens (tertiary/aromatic N) is 3. The van der Waals surface area contributed by atoms with Crippen molar-refractivity contribution in [2.45, 2.75) is 16.1 Å². The third-order valence-corrected chi connectivity index (χ3v) is 7.93. The van der Waals surface area contributed by atoms with E-state index in [0.717, 1.165) is 5.56 Å². The van der Waals surface area contributed by atoms with E-state index in [4.69, 9.17) is 11.6 Å². The summed E-state index contributed by atoms with van der Waals surface area (Å²) in [6.07, 6.45) is 0. The molecule has 1 unspecified atom stereocenters. The number of hydrogen-bond acceptors (Lipinski definition) is 7. The van der Waals surface area contributed by atoms with Crippen molar-refractivity contribution < 1.29 is 19.1 Å². The molecule has 5 rings (SSSR count). The third-order valence-electron chi connectivity index (χ3n) is 5.55. The van der Waals surface area contributed by atoms with Crippen LogP contribution in [0.4, 0.5) is 9.52 Å². The molecule has 0 spiro atoms. The molecule has 1 aromatic heterocycles. The number of carbonyl (C=O) groups is 2. The summed E-state index contributed by atoms with van der Waals surface area (Å²) in [5.74, 6) is -1.89. The molecule has 1 atom stereocenters. The number of aromatic nitrogens is 2. The molecule has 1 amide bonds. The van der Waals surface area contributed by atoms with Crippen LogP contribution in [0.3, 0.4) is 0 Å². The van der Waals surface area contributed by atoms with Crippen molar-refractivity contribution >= 4 is 57.3 Å². The van der Waals surface area contributed by atoms with Crippen LogP contribution < -0.4 is 4.90 Å². The van der Waals surface area contributed by atoms with E-state index in [0.29, 0.717) is 26.2 Å². The number of anilines is 1. The number of hydrogen-bond donors (Lipinski definition) is 1. The Morgan fingerprint density at radius 2 is 1.69 bits per heavy atom. The molecular weight excluding hydrogens is 521 g/mol. The lowest BCUT2D eigenvalue weighted by molar-refractivity contribution is -0.132. The van der Waals surface area contributed by atoms with E-state index >= 15 is 0 Å². The minimum atomic E-state index is -1.01. The van der Waals surface area contributed by atoms with E-state index in [2.05, 4.69) is 10.2 Å². The van der Waals surface area contributed by atoms with Crippen molar-refractivity contribution in [1.29, 1.82) is 0 Å². The Labute approximate surface area is 219 Å². The number of aliphatic hydroxyl groups is 1. The summed E-state index contributed by atoms with van der Waals surface area (Å²) in [6.45, 7) is 0. The Morgan fingerprint density at radius 3 is 2.39 bits per heavy atom. The Hall–Kier alpha value is -3.53. The molecule has 1 aliphatic heterocycles. The van der Waals surface area contributed by atoms with Gasteiger partial charge in [0.2, 0.25) is 5.13 Å². The Kier molecular flexibility index (Phi) is 6.86. The van der Waals surface area contributed by atoms with Gasteiger partial charge < -0.3 is 5.11 Å². The maximum absolute atomic E-state index is 13.7. The summed E-state index contributed by atoms with van der Waals surface area (Å²) in [6, 6.07) is 20.5. The largest absolute Gasteiger partial charge is 0.507 e. The van der Waals surface area contributed by atoms with Crippen molar-refractivity contribution in [2.24, 2.45) is 0 Å². The molecule has 1 aliphatic rings. The molecule has 0 bridgehead atoms. The maximum Gasteiger partial charge on any atom is 0.301 e. The quantitative estimate of drug-likeness (QED) is 0.103. The fourth-order valence-corrected chi connectivity index (χ4v) is 5.78. The lowest BCUT2D eigenvalue weighted by Crippen LogP contribution is -2.29. The highest BCUT2D eigenvalue weighted by Crippen LogP contribution is 2.44. The van der Waals surface area contributed by atoms with Gasteiger partial charge in [0, 0.05) is 16.3 Å². The summed E-state index contributed by atoms with van der Waals surface area (Å²) in [5.41, 5.74) is 1.75. The Balaban J connectivity index is 1.55. The van der Waals surface area contributed by atoms with Gasteiger partial charge in [-0.25, -0.2) is 4.39 Å². The number of thioether (sulfide) groups is 1. The summed E-state index contributed by atoms with van der Waals surface area (Å²) in [5, 5.41) is 20.1. The number of rotatable bonds is 6. The first kappa shape index (κ1) is 24.2. The van der Waals surface area contributed by atoms with E-state index in [9.17, 15) is 19.1 Å². The Bertz CT molecular complexity index is 1460. The van der Waals surface area contributed by atoms with E-state index < -0.39 is 23.5 Å². The summed E-state index contributed by atoms with van der Waals surface area (Å²) >= 11 is 8.58. The van der Waals surface area contributed by atoms with Crippen LogP contribution in [0, 0.1) is 5.82 Å². The highest BCUT2D eigenvalue weighted by atomic mass is 35.5. The zero-order valence-electron chi connectivity index (χ0n) is 18.5. The standard InChI is InChI=1S/C26H17ClFN3O3S2/c27-18-10-6-17(7-11-18)22(32)20-21(16-8-12-19(28)13-9-16)31(24(34)23(20)33)25-29-30-26(36-25)35-14-15-4-2-1-3-5-15/h1-13,21,32H,14H2/b22-20-. The van der Waals surface area contributed by atoms with Crippen molar-refractivity contribution in [1.82, 2.24) is 10.2 Å². The maximum atomic E-state index is 13.7. The van der Waals surface area contributed by atoms with Gasteiger partial charge in [-0.15, -0.1) is 10.2 Å². The molecular formula is C26H17ClFN3O3S2. The minimum Gasteiger partial charge on any atom is -0.507 e. The highest BCUT2D eigenvalue weighted by Gasteiger charge is 2.48. The van der Waals surface area contributed by atoms with Crippen LogP contribution in [-0.4, -0.2) is 27.0 Å². The van der Waals surface area contributed by atoms with Gasteiger partial charge in [-0.05, 0) is 47.5 Å². The monoisotopic (exact) mass is 537 g/mol. The summed E-state index contributed by atoms with van der Waals surface area (Å²) in [7, 11) is 0. The smallest absolute Gasteiger partial charge is 0.301 e. The lowest BCUT2D eigenvalue weighted by atomic mass is 9.95. The molecule has 4 aromatic rings. The average Bonchev–Trinajstić information content (AvgIpc) is 3.46. The van der Waals surface area contributed by atoms with E-state index in [1.54, 1.807) is 24.3 Å². The van der Waals surface area contributed by atoms with Crippen molar-refractivity contribution in [3.8, 4) is 0 Å². The lowest BCUT2D eigenvalue weighted by Gasteiger charge is -2.22. The number of ketones is 1. The summed E-state index contributed by atoms with van der Waals surface area (Å²) in [4.78, 5) is 27.6. The molecule has 1 fully saturated rings. The number of halogens is 2. The van der Waals surface area contributed by atoms with Crippen LogP contribution in [0.15, 0.2) is 88.8 Å². The first-order chi connectivity index (χ1) is 17.4. The number of benzene rings is 3. The first-order valence-electron chi connectivity index (χ1n) is 10.7. The normalized spacial score (nSPS) is 17.1. The van der Waals surface area contributed by atoms with Gasteiger partial charge in [-0.3, -0.25) is 14.5 Å². The Morgan fingerprint density at radius 1 is 1.00 bits per heavy atom. The van der Waals surface area contributed by atoms with Gasteiger partial charge in [0.1, 0.15) is 11.6 Å². The van der Waals surface area contributed by atoms with Crippen LogP contribution in [-0.2, 0) is 15.3 Å². The number of aliphatic hydroxyl groups excluding tert-OH is 1. The fraction of sp³-hybridized carbons (Fsp3) is 0.0769. The van der Waals surface area contributed by atoms with Crippen molar-refractivity contribution in [2.75, 3.05) is 4.90 Å². The van der Waals surface area contributed by atoms with Crippen molar-refractivity contribution in [3.63, 3.8) is 0 Å². The first-order valence-corrected chi connectivity index (χ1v) is 12.9. The summed E-state index contributed by atoms with van der Waals surface area (Å²) < 4.78 is 14.3. The van der Waals surface area contributed by atoms with Crippen molar-refractivity contribution in [3.05, 3.63) is 112 Å². The van der Waals surface area contributed by atoms with Gasteiger partial charge >= 0.3 is 5.91 Å². The average molecular weight is 538 g/mol. The van der Waals surface area contributed by atoms with Gasteiger partial charge in [0.15, 0.2) is 4.34 Å². The molecule has 3 aromatic carbocycles. The third kappa shape index (κ3) is 4.77. The molecule has 2 heterocycles. The van der Waals surface area contributed by atoms with Crippen LogP contribution in [0.5, 0.6) is 0 Å². The van der Waals surface area contributed by atoms with Crippen LogP contribution >= 0.6 is 34.7 Å². The fourth-order valence-electron chi connectivity index (χ4n) is 3.83. The van der Waals surface area contributed by atoms with Gasteiger partial charge in [-0.2, -0.15) is 0 Å². The molecule has 10 heteroatoms. The topological polar surface area (TPSA) is 83.4 Å². The van der Waals surface area contributed by atoms with Gasteiger partial charge in [0.05, 0.1) is 11.6 Å². The molecule has 36 heavy (non-hydrogen) atoms. The molecule has 0 radical (unpaired) electrons. The van der Waals surface area contributed by atoms with Crippen LogP contribution in [0.25, 0.3) is 5.76 Å². The zero-order valence-corrected chi connectivity index (χ0v) is 20.9.